The van der Waals surface area contributed by atoms with Crippen molar-refractivity contribution in [2.24, 2.45) is 0 Å². The average molecular weight is 741 g/mol. The molecule has 3 heteroatoms. The zero-order valence-corrected chi connectivity index (χ0v) is 31.6. The molecule has 0 bridgehead atoms. The molecule has 12 aromatic rings. The van der Waals surface area contributed by atoms with Crippen LogP contribution in [0.25, 0.3) is 113 Å². The molecule has 0 unspecified atom stereocenters. The van der Waals surface area contributed by atoms with Crippen LogP contribution in [0.1, 0.15) is 11.1 Å². The van der Waals surface area contributed by atoms with E-state index in [2.05, 4.69) is 180 Å². The number of para-hydroxylation sites is 1. The van der Waals surface area contributed by atoms with Crippen LogP contribution >= 0.6 is 11.3 Å². The summed E-state index contributed by atoms with van der Waals surface area (Å²) >= 11 is 1.84. The summed E-state index contributed by atoms with van der Waals surface area (Å²) < 4.78 is 5.00. The number of pyridine rings is 1. The van der Waals surface area contributed by atoms with Crippen molar-refractivity contribution in [3.05, 3.63) is 193 Å². The van der Waals surface area contributed by atoms with E-state index < -0.39 is 0 Å². The second-order valence-electron chi connectivity index (χ2n) is 15.4. The summed E-state index contributed by atoms with van der Waals surface area (Å²) in [5.74, 6) is 0. The third-order valence-corrected chi connectivity index (χ3v) is 13.7. The van der Waals surface area contributed by atoms with E-state index in [9.17, 15) is 0 Å². The van der Waals surface area contributed by atoms with Gasteiger partial charge in [0.15, 0.2) is 0 Å². The molecule has 0 radical (unpaired) electrons. The van der Waals surface area contributed by atoms with Crippen molar-refractivity contribution in [3.8, 4) is 39.2 Å². The summed E-state index contributed by atoms with van der Waals surface area (Å²) in [7, 11) is 0. The summed E-state index contributed by atoms with van der Waals surface area (Å²) in [6.45, 7) is 0. The molecule has 0 spiro atoms. The van der Waals surface area contributed by atoms with Gasteiger partial charge in [0.2, 0.25) is 0 Å². The van der Waals surface area contributed by atoms with Crippen molar-refractivity contribution in [2.75, 3.05) is 0 Å². The molecule has 264 valence electrons. The maximum absolute atomic E-state index is 5.05. The molecule has 0 fully saturated rings. The van der Waals surface area contributed by atoms with Crippen molar-refractivity contribution >= 4 is 85.6 Å². The Labute approximate surface area is 332 Å². The third-order valence-electron chi connectivity index (χ3n) is 12.5. The van der Waals surface area contributed by atoms with E-state index >= 15 is 0 Å². The van der Waals surface area contributed by atoms with Gasteiger partial charge in [-0.15, -0.1) is 11.3 Å². The third kappa shape index (κ3) is 4.43. The minimum absolute atomic E-state index is 0.948. The Hall–Kier alpha value is -7.07. The van der Waals surface area contributed by atoms with Crippen molar-refractivity contribution in [2.45, 2.75) is 6.42 Å². The van der Waals surface area contributed by atoms with Crippen molar-refractivity contribution in [3.63, 3.8) is 0 Å². The Balaban J connectivity index is 0.963. The molecule has 9 aromatic carbocycles. The Bertz CT molecular complexity index is 3640. The van der Waals surface area contributed by atoms with Crippen molar-refractivity contribution in [1.82, 2.24) is 9.55 Å². The van der Waals surface area contributed by atoms with Gasteiger partial charge in [-0.25, -0.2) is 0 Å². The molecule has 57 heavy (non-hydrogen) atoms. The maximum Gasteiger partial charge on any atom is 0.0880 e. The first-order chi connectivity index (χ1) is 28.3. The zero-order valence-electron chi connectivity index (χ0n) is 30.8. The smallest absolute Gasteiger partial charge is 0.0880 e. The molecule has 3 aromatic heterocycles. The molecule has 13 rings (SSSR count). The largest absolute Gasteiger partial charge is 0.309 e. The summed E-state index contributed by atoms with van der Waals surface area (Å²) in [6.07, 6.45) is 2.94. The molecule has 0 N–H and O–H groups in total. The van der Waals surface area contributed by atoms with Gasteiger partial charge in [-0.3, -0.25) is 4.98 Å². The molecule has 0 saturated carbocycles. The Morgan fingerprint density at radius 3 is 1.96 bits per heavy atom. The van der Waals surface area contributed by atoms with Crippen LogP contribution in [0.2, 0.25) is 0 Å². The topological polar surface area (TPSA) is 17.8 Å². The van der Waals surface area contributed by atoms with Gasteiger partial charge in [0.1, 0.15) is 0 Å². The highest BCUT2D eigenvalue weighted by atomic mass is 32.1. The standard InChI is InChI=1S/C54H32N2S/c1-2-13-37-34(10-1)30-49-42(37)23-24-45-44-18-7-8-19-50(44)56(53(45)49)36-21-25-51-48(31-36)46-26-27-55-52(54(46)57-51)35-12-9-11-32(28-35)33-20-22-43-40-16-4-3-14-38(40)39-15-5-6-17-41(39)47(43)29-33/h1-29,31H,30H2. The summed E-state index contributed by atoms with van der Waals surface area (Å²) in [5.41, 5.74) is 13.8. The van der Waals surface area contributed by atoms with Gasteiger partial charge in [-0.1, -0.05) is 133 Å². The number of aromatic nitrogens is 2. The number of thiophene rings is 1. The van der Waals surface area contributed by atoms with E-state index in [1.165, 1.54) is 113 Å². The molecule has 1 aliphatic carbocycles. The second kappa shape index (κ2) is 11.7. The first-order valence-electron chi connectivity index (χ1n) is 19.7. The molecule has 0 aliphatic heterocycles. The van der Waals surface area contributed by atoms with E-state index in [-0.39, 0.29) is 0 Å². The molecule has 2 nitrogen and oxygen atoms in total. The van der Waals surface area contributed by atoms with Crippen LogP contribution in [0.4, 0.5) is 0 Å². The average Bonchev–Trinajstić information content (AvgIpc) is 3.96. The lowest BCUT2D eigenvalue weighted by Crippen LogP contribution is -1.96. The fourth-order valence-corrected chi connectivity index (χ4v) is 11.1. The van der Waals surface area contributed by atoms with Gasteiger partial charge in [-0.2, -0.15) is 0 Å². The Morgan fingerprint density at radius 1 is 0.439 bits per heavy atom. The van der Waals surface area contributed by atoms with Crippen molar-refractivity contribution < 1.29 is 0 Å². The fraction of sp³-hybridized carbons (Fsp3) is 0.0185. The monoisotopic (exact) mass is 740 g/mol. The highest BCUT2D eigenvalue weighted by Crippen LogP contribution is 2.46. The van der Waals surface area contributed by atoms with Crippen LogP contribution in [-0.2, 0) is 6.42 Å². The lowest BCUT2D eigenvalue weighted by molar-refractivity contribution is 1.16. The molecule has 1 aliphatic rings. The number of nitrogens with zero attached hydrogens (tertiary/aromatic N) is 2. The van der Waals surface area contributed by atoms with Gasteiger partial charge in [0.25, 0.3) is 0 Å². The normalized spacial score (nSPS) is 12.5. The van der Waals surface area contributed by atoms with Crippen LogP contribution in [0.5, 0.6) is 0 Å². The van der Waals surface area contributed by atoms with Gasteiger partial charge in [0.05, 0.1) is 21.4 Å². The molecule has 0 atom stereocenters. The van der Waals surface area contributed by atoms with E-state index in [1.807, 2.05) is 17.5 Å². The molecule has 0 saturated heterocycles. The number of benzene rings is 9. The van der Waals surface area contributed by atoms with Crippen LogP contribution in [0.15, 0.2) is 182 Å². The van der Waals surface area contributed by atoms with Crippen molar-refractivity contribution in [1.29, 1.82) is 0 Å². The predicted molar refractivity (Wildman–Crippen MR) is 243 cm³/mol. The Morgan fingerprint density at radius 2 is 1.12 bits per heavy atom. The number of hydrogen-bond acceptors (Lipinski definition) is 2. The lowest BCUT2D eigenvalue weighted by atomic mass is 9.91. The number of rotatable bonds is 3. The first kappa shape index (κ1) is 31.2. The van der Waals surface area contributed by atoms with Gasteiger partial charge in [0, 0.05) is 50.1 Å². The molecular formula is C54H32N2S. The number of fused-ring (bicyclic) bond motifs is 16. The first-order valence-corrected chi connectivity index (χ1v) is 20.5. The summed E-state index contributed by atoms with van der Waals surface area (Å²) in [4.78, 5) is 5.05. The van der Waals surface area contributed by atoms with E-state index in [4.69, 9.17) is 4.98 Å². The zero-order chi connectivity index (χ0) is 37.2. The quantitative estimate of drug-likeness (QED) is 0.165. The maximum atomic E-state index is 5.05. The van der Waals surface area contributed by atoms with E-state index in [1.54, 1.807) is 0 Å². The second-order valence-corrected chi connectivity index (χ2v) is 16.5. The van der Waals surface area contributed by atoms with Gasteiger partial charge in [-0.05, 0) is 108 Å². The SMILES string of the molecule is c1cc(-c2ccc3c4ccccc4c4ccccc4c3c2)cc(-c2nccc3c2sc2ccc(-n4c5ccccc5c5ccc6c(c54)Cc4ccccc4-6)cc23)c1. The van der Waals surface area contributed by atoms with E-state index in [0.717, 1.165) is 17.7 Å². The predicted octanol–water partition coefficient (Wildman–Crippen LogP) is 14.9. The Kier molecular flexibility index (Phi) is 6.41. The van der Waals surface area contributed by atoms with Crippen LogP contribution < -0.4 is 0 Å². The van der Waals surface area contributed by atoms with Crippen LogP contribution in [0, 0.1) is 0 Å². The van der Waals surface area contributed by atoms with Gasteiger partial charge < -0.3 is 4.57 Å². The minimum Gasteiger partial charge on any atom is -0.309 e. The summed E-state index contributed by atoms with van der Waals surface area (Å²) in [6, 6.07) is 65.1. The fourth-order valence-electron chi connectivity index (χ4n) is 9.92. The molecule has 0 amide bonds. The molecule has 3 heterocycles. The van der Waals surface area contributed by atoms with Crippen LogP contribution in [0.3, 0.4) is 0 Å². The highest BCUT2D eigenvalue weighted by molar-refractivity contribution is 7.26. The molecular weight excluding hydrogens is 709 g/mol. The van der Waals surface area contributed by atoms with E-state index in [0.29, 0.717) is 0 Å². The van der Waals surface area contributed by atoms with Crippen LogP contribution in [-0.4, -0.2) is 9.55 Å². The minimum atomic E-state index is 0.948. The number of hydrogen-bond donors (Lipinski definition) is 0. The summed E-state index contributed by atoms with van der Waals surface area (Å²) in [5, 5.41) is 12.9. The highest BCUT2D eigenvalue weighted by Gasteiger charge is 2.25. The lowest BCUT2D eigenvalue weighted by Gasteiger charge is -2.12. The van der Waals surface area contributed by atoms with Gasteiger partial charge >= 0.3 is 0 Å².